The van der Waals surface area contributed by atoms with Gasteiger partial charge in [-0.3, -0.25) is 4.79 Å². The Morgan fingerprint density at radius 1 is 1.32 bits per heavy atom. The molecular weight excluding hydrogens is 280 g/mol. The number of nitrogens with one attached hydrogen (secondary N) is 2. The van der Waals surface area contributed by atoms with Crippen LogP contribution in [0.2, 0.25) is 0 Å². The van der Waals surface area contributed by atoms with E-state index in [-0.39, 0.29) is 18.3 Å². The molecule has 1 amide bonds. The predicted molar refractivity (Wildman–Crippen MR) is 85.2 cm³/mol. The summed E-state index contributed by atoms with van der Waals surface area (Å²) in [6, 6.07) is 0.826. The highest BCUT2D eigenvalue weighted by molar-refractivity contribution is 7.99. The van der Waals surface area contributed by atoms with Gasteiger partial charge in [-0.1, -0.05) is 13.3 Å². The normalized spacial score (nSPS) is 31.3. The second-order valence-electron chi connectivity index (χ2n) is 5.62. The van der Waals surface area contributed by atoms with E-state index in [4.69, 9.17) is 0 Å². The van der Waals surface area contributed by atoms with Gasteiger partial charge < -0.3 is 10.6 Å². The molecule has 2 fully saturated rings. The summed E-state index contributed by atoms with van der Waals surface area (Å²) in [7, 11) is 0. The molecule has 2 N–H and O–H groups in total. The lowest BCUT2D eigenvalue weighted by molar-refractivity contribution is -0.122. The van der Waals surface area contributed by atoms with E-state index >= 15 is 0 Å². The molecule has 0 radical (unpaired) electrons. The summed E-state index contributed by atoms with van der Waals surface area (Å²) in [5.74, 6) is 3.40. The molecule has 0 aromatic rings. The molecule has 2 aliphatic rings. The Bertz CT molecular complexity index is 264. The van der Waals surface area contributed by atoms with Crippen molar-refractivity contribution in [2.75, 3.05) is 18.1 Å². The maximum absolute atomic E-state index is 12.0. The minimum absolute atomic E-state index is 0. The third-order valence-corrected chi connectivity index (χ3v) is 5.35. The zero-order chi connectivity index (χ0) is 12.8. The fourth-order valence-corrected chi connectivity index (χ4v) is 3.93. The Hall–Kier alpha value is 0.0700. The van der Waals surface area contributed by atoms with E-state index in [9.17, 15) is 4.79 Å². The topological polar surface area (TPSA) is 41.1 Å². The Morgan fingerprint density at radius 3 is 2.63 bits per heavy atom. The highest BCUT2D eigenvalue weighted by atomic mass is 35.5. The SMILES string of the molecule is CCC1CCC(NC(=O)CC2CSCCN2)CC1.Cl. The number of carbonyl (C=O) groups is 1. The molecule has 0 aromatic heterocycles. The van der Waals surface area contributed by atoms with Crippen LogP contribution in [-0.2, 0) is 4.79 Å². The Morgan fingerprint density at radius 2 is 2.05 bits per heavy atom. The quantitative estimate of drug-likeness (QED) is 0.839. The molecule has 1 aliphatic carbocycles. The van der Waals surface area contributed by atoms with Gasteiger partial charge in [-0.05, 0) is 31.6 Å². The molecule has 0 spiro atoms. The molecule has 1 unspecified atom stereocenters. The first kappa shape index (κ1) is 17.1. The van der Waals surface area contributed by atoms with Crippen LogP contribution in [-0.4, -0.2) is 36.0 Å². The van der Waals surface area contributed by atoms with Crippen molar-refractivity contribution in [3.05, 3.63) is 0 Å². The van der Waals surface area contributed by atoms with Gasteiger partial charge in [0.1, 0.15) is 0 Å². The van der Waals surface area contributed by atoms with Crippen LogP contribution in [0.5, 0.6) is 0 Å². The lowest BCUT2D eigenvalue weighted by Crippen LogP contribution is -2.44. The van der Waals surface area contributed by atoms with Gasteiger partial charge >= 0.3 is 0 Å². The molecular formula is C14H27ClN2OS. The summed E-state index contributed by atoms with van der Waals surface area (Å²) in [5.41, 5.74) is 0. The molecule has 1 heterocycles. The minimum atomic E-state index is 0. The summed E-state index contributed by atoms with van der Waals surface area (Å²) in [4.78, 5) is 12.0. The molecule has 3 nitrogen and oxygen atoms in total. The maximum Gasteiger partial charge on any atom is 0.221 e. The first-order chi connectivity index (χ1) is 8.78. The first-order valence-corrected chi connectivity index (χ1v) is 8.54. The standard InChI is InChI=1S/C14H26N2OS.ClH/c1-2-11-3-5-12(6-4-11)16-14(17)9-13-10-18-8-7-15-13;/h11-13,15H,2-10H2,1H3,(H,16,17);1H. The average molecular weight is 307 g/mol. The third kappa shape index (κ3) is 5.92. The molecule has 1 saturated heterocycles. The monoisotopic (exact) mass is 306 g/mol. The Labute approximate surface area is 127 Å². The fraction of sp³-hybridized carbons (Fsp3) is 0.929. The third-order valence-electron chi connectivity index (χ3n) is 4.22. The number of thioether (sulfide) groups is 1. The van der Waals surface area contributed by atoms with Crippen LogP contribution in [0.3, 0.4) is 0 Å². The van der Waals surface area contributed by atoms with Crippen molar-refractivity contribution < 1.29 is 4.79 Å². The van der Waals surface area contributed by atoms with Crippen molar-refractivity contribution in [2.24, 2.45) is 5.92 Å². The molecule has 0 aromatic carbocycles. The first-order valence-electron chi connectivity index (χ1n) is 7.38. The van der Waals surface area contributed by atoms with Gasteiger partial charge in [0, 0.05) is 36.6 Å². The van der Waals surface area contributed by atoms with Crippen LogP contribution in [0, 0.1) is 5.92 Å². The van der Waals surface area contributed by atoms with E-state index in [2.05, 4.69) is 17.6 Å². The van der Waals surface area contributed by atoms with Gasteiger partial charge in [0.25, 0.3) is 0 Å². The molecule has 19 heavy (non-hydrogen) atoms. The van der Waals surface area contributed by atoms with Crippen molar-refractivity contribution in [2.45, 2.75) is 57.5 Å². The van der Waals surface area contributed by atoms with Crippen LogP contribution in [0.25, 0.3) is 0 Å². The predicted octanol–water partition coefficient (Wildman–Crippen LogP) is 2.59. The van der Waals surface area contributed by atoms with E-state index in [0.717, 1.165) is 18.2 Å². The van der Waals surface area contributed by atoms with Crippen molar-refractivity contribution >= 4 is 30.1 Å². The number of rotatable bonds is 4. The van der Waals surface area contributed by atoms with Crippen LogP contribution < -0.4 is 10.6 Å². The van der Waals surface area contributed by atoms with Crippen LogP contribution in [0.15, 0.2) is 0 Å². The van der Waals surface area contributed by atoms with Gasteiger partial charge in [-0.25, -0.2) is 0 Å². The zero-order valence-electron chi connectivity index (χ0n) is 11.8. The van der Waals surface area contributed by atoms with Gasteiger partial charge in [0.2, 0.25) is 5.91 Å². The van der Waals surface area contributed by atoms with Crippen molar-refractivity contribution in [1.29, 1.82) is 0 Å². The number of amides is 1. The lowest BCUT2D eigenvalue weighted by Gasteiger charge is -2.29. The van der Waals surface area contributed by atoms with Crippen LogP contribution in [0.1, 0.15) is 45.4 Å². The smallest absolute Gasteiger partial charge is 0.221 e. The molecule has 5 heteroatoms. The van der Waals surface area contributed by atoms with Gasteiger partial charge in [-0.15, -0.1) is 12.4 Å². The molecule has 1 saturated carbocycles. The molecule has 1 atom stereocenters. The van der Waals surface area contributed by atoms with Gasteiger partial charge in [0.15, 0.2) is 0 Å². The minimum Gasteiger partial charge on any atom is -0.353 e. The number of carbonyl (C=O) groups excluding carboxylic acids is 1. The summed E-state index contributed by atoms with van der Waals surface area (Å²) < 4.78 is 0. The maximum atomic E-state index is 12.0. The van der Waals surface area contributed by atoms with Gasteiger partial charge in [0.05, 0.1) is 0 Å². The summed E-state index contributed by atoms with van der Waals surface area (Å²) in [5, 5.41) is 6.64. The number of hydrogen-bond acceptors (Lipinski definition) is 3. The molecule has 1 aliphatic heterocycles. The van der Waals surface area contributed by atoms with Crippen LogP contribution in [0.4, 0.5) is 0 Å². The Balaban J connectivity index is 0.00000180. The van der Waals surface area contributed by atoms with E-state index in [0.29, 0.717) is 18.5 Å². The zero-order valence-corrected chi connectivity index (χ0v) is 13.5. The van der Waals surface area contributed by atoms with E-state index in [1.54, 1.807) is 0 Å². The number of halogens is 1. The fourth-order valence-electron chi connectivity index (χ4n) is 2.98. The average Bonchev–Trinajstić information content (AvgIpc) is 2.40. The molecule has 2 rings (SSSR count). The van der Waals surface area contributed by atoms with Crippen LogP contribution >= 0.6 is 24.2 Å². The van der Waals surface area contributed by atoms with Crippen molar-refractivity contribution in [1.82, 2.24) is 10.6 Å². The van der Waals surface area contributed by atoms with E-state index < -0.39 is 0 Å². The highest BCUT2D eigenvalue weighted by Gasteiger charge is 2.23. The van der Waals surface area contributed by atoms with Crippen molar-refractivity contribution in [3.8, 4) is 0 Å². The molecule has 112 valence electrons. The second-order valence-corrected chi connectivity index (χ2v) is 6.77. The highest BCUT2D eigenvalue weighted by Crippen LogP contribution is 2.26. The van der Waals surface area contributed by atoms with Crippen molar-refractivity contribution in [3.63, 3.8) is 0 Å². The summed E-state index contributed by atoms with van der Waals surface area (Å²) in [6.45, 7) is 3.32. The largest absolute Gasteiger partial charge is 0.353 e. The van der Waals surface area contributed by atoms with E-state index in [1.807, 2.05) is 11.8 Å². The Kier molecular flexibility index (Phi) is 8.19. The van der Waals surface area contributed by atoms with E-state index in [1.165, 1.54) is 37.9 Å². The van der Waals surface area contributed by atoms with Gasteiger partial charge in [-0.2, -0.15) is 11.8 Å². The second kappa shape index (κ2) is 9.09. The summed E-state index contributed by atoms with van der Waals surface area (Å²) >= 11 is 1.95. The number of hydrogen-bond donors (Lipinski definition) is 2. The molecule has 0 bridgehead atoms. The summed E-state index contributed by atoms with van der Waals surface area (Å²) in [6.07, 6.45) is 6.89. The lowest BCUT2D eigenvalue weighted by atomic mass is 9.84.